The van der Waals surface area contributed by atoms with Gasteiger partial charge in [-0.1, -0.05) is 31.9 Å². The smallest absolute Gasteiger partial charge is 0.407 e. The topological polar surface area (TPSA) is 81.4 Å². The zero-order valence-electron chi connectivity index (χ0n) is 9.70. The number of allylic oxidation sites excluding steroid dienone is 1. The molecule has 0 rings (SSSR count). The maximum Gasteiger partial charge on any atom is 0.407 e. The average Bonchev–Trinajstić information content (AvgIpc) is 2.25. The Balaban J connectivity index is 3.36. The van der Waals surface area contributed by atoms with Crippen LogP contribution in [-0.4, -0.2) is 25.2 Å². The summed E-state index contributed by atoms with van der Waals surface area (Å²) in [6.45, 7) is 2.18. The van der Waals surface area contributed by atoms with Gasteiger partial charge in [-0.2, -0.15) is 0 Å². The number of nitrogens with two attached hydrogens (primary N) is 1. The van der Waals surface area contributed by atoms with Crippen molar-refractivity contribution >= 4 is 12.0 Å². The monoisotopic (exact) mass is 228 g/mol. The molecule has 92 valence electrons. The largest absolute Gasteiger partial charge is 0.439 e. The van der Waals surface area contributed by atoms with E-state index in [1.807, 2.05) is 12.2 Å². The summed E-state index contributed by atoms with van der Waals surface area (Å²) < 4.78 is 4.49. The molecule has 0 aromatic rings. The van der Waals surface area contributed by atoms with Crippen molar-refractivity contribution in [1.29, 1.82) is 0 Å². The predicted octanol–water partition coefficient (Wildman–Crippen LogP) is 1.33. The number of hydrogen-bond acceptors (Lipinski definition) is 3. The molecule has 0 saturated carbocycles. The molecule has 0 aliphatic rings. The van der Waals surface area contributed by atoms with Gasteiger partial charge < -0.3 is 15.8 Å². The molecule has 0 atom stereocenters. The highest BCUT2D eigenvalue weighted by molar-refractivity contribution is 5.78. The van der Waals surface area contributed by atoms with Crippen molar-refractivity contribution in [3.8, 4) is 0 Å². The van der Waals surface area contributed by atoms with Crippen molar-refractivity contribution in [2.75, 3.05) is 13.2 Å². The molecule has 3 N–H and O–H groups in total. The summed E-state index contributed by atoms with van der Waals surface area (Å²) in [6.07, 6.45) is 7.86. The Bertz CT molecular complexity index is 239. The first-order valence-corrected chi connectivity index (χ1v) is 5.50. The third-order valence-electron chi connectivity index (χ3n) is 1.85. The minimum Gasteiger partial charge on any atom is -0.439 e. The van der Waals surface area contributed by atoms with Gasteiger partial charge in [0, 0.05) is 6.54 Å². The number of hydrogen-bond donors (Lipinski definition) is 2. The van der Waals surface area contributed by atoms with Crippen molar-refractivity contribution in [1.82, 2.24) is 5.32 Å². The average molecular weight is 228 g/mol. The zero-order chi connectivity index (χ0) is 12.2. The maximum atomic E-state index is 10.9. The van der Waals surface area contributed by atoms with E-state index in [0.29, 0.717) is 6.54 Å². The molecule has 5 nitrogen and oxygen atoms in total. The van der Waals surface area contributed by atoms with Gasteiger partial charge in [-0.25, -0.2) is 4.79 Å². The Morgan fingerprint density at radius 1 is 1.31 bits per heavy atom. The summed E-state index contributed by atoms with van der Waals surface area (Å²) >= 11 is 0. The fraction of sp³-hybridized carbons (Fsp3) is 0.636. The second kappa shape index (κ2) is 10.0. The first-order valence-electron chi connectivity index (χ1n) is 5.50. The van der Waals surface area contributed by atoms with E-state index >= 15 is 0 Å². The number of ether oxygens (including phenoxy) is 1. The van der Waals surface area contributed by atoms with Crippen LogP contribution in [0.1, 0.15) is 32.6 Å². The van der Waals surface area contributed by atoms with Gasteiger partial charge >= 0.3 is 6.09 Å². The summed E-state index contributed by atoms with van der Waals surface area (Å²) in [5.41, 5.74) is 4.81. The second-order valence-electron chi connectivity index (χ2n) is 3.39. The van der Waals surface area contributed by atoms with Gasteiger partial charge in [0.05, 0.1) is 0 Å². The van der Waals surface area contributed by atoms with E-state index in [1.54, 1.807) is 0 Å². The zero-order valence-corrected chi connectivity index (χ0v) is 9.70. The molecule has 16 heavy (non-hydrogen) atoms. The quantitative estimate of drug-likeness (QED) is 0.486. The Morgan fingerprint density at radius 2 is 2.06 bits per heavy atom. The van der Waals surface area contributed by atoms with Gasteiger partial charge in [-0.05, 0) is 12.8 Å². The van der Waals surface area contributed by atoms with Crippen LogP contribution < -0.4 is 11.1 Å². The highest BCUT2D eigenvalue weighted by Crippen LogP contribution is 1.98. The van der Waals surface area contributed by atoms with Crippen LogP contribution in [-0.2, 0) is 9.53 Å². The van der Waals surface area contributed by atoms with E-state index in [1.165, 1.54) is 19.3 Å². The van der Waals surface area contributed by atoms with Crippen LogP contribution in [0.25, 0.3) is 0 Å². The standard InChI is InChI=1S/C11H20N2O3/c1-2-3-4-5-6-7-8-13-11(15)16-9-10(12)14/h6-7H,2-5,8-9H2,1H3,(H2,12,14)(H,13,15). The molecular formula is C11H20N2O3. The van der Waals surface area contributed by atoms with E-state index in [0.717, 1.165) is 6.42 Å². The van der Waals surface area contributed by atoms with Gasteiger partial charge in [0.25, 0.3) is 5.91 Å². The van der Waals surface area contributed by atoms with Gasteiger partial charge in [-0.15, -0.1) is 0 Å². The summed E-state index contributed by atoms with van der Waals surface area (Å²) in [5, 5.41) is 2.47. The van der Waals surface area contributed by atoms with Crippen LogP contribution in [0.4, 0.5) is 4.79 Å². The third-order valence-corrected chi connectivity index (χ3v) is 1.85. The number of carbonyl (C=O) groups excluding carboxylic acids is 2. The van der Waals surface area contributed by atoms with Crippen molar-refractivity contribution in [3.05, 3.63) is 12.2 Å². The Kier molecular flexibility index (Phi) is 9.06. The summed E-state index contributed by atoms with van der Waals surface area (Å²) in [5.74, 6) is -0.662. The molecule has 0 fully saturated rings. The van der Waals surface area contributed by atoms with Gasteiger partial charge in [0.1, 0.15) is 0 Å². The van der Waals surface area contributed by atoms with E-state index < -0.39 is 12.0 Å². The number of carbonyl (C=O) groups is 2. The molecular weight excluding hydrogens is 208 g/mol. The van der Waals surface area contributed by atoms with Crippen molar-refractivity contribution in [2.45, 2.75) is 32.6 Å². The normalized spacial score (nSPS) is 10.3. The summed E-state index contributed by atoms with van der Waals surface area (Å²) in [4.78, 5) is 21.2. The lowest BCUT2D eigenvalue weighted by atomic mass is 10.2. The Morgan fingerprint density at radius 3 is 2.69 bits per heavy atom. The Hall–Kier alpha value is -1.52. The summed E-state index contributed by atoms with van der Waals surface area (Å²) in [6, 6.07) is 0. The number of unbranched alkanes of at least 4 members (excludes halogenated alkanes) is 3. The molecule has 0 radical (unpaired) electrons. The van der Waals surface area contributed by atoms with E-state index in [2.05, 4.69) is 17.0 Å². The first-order chi connectivity index (χ1) is 7.66. The highest BCUT2D eigenvalue weighted by atomic mass is 16.6. The molecule has 0 spiro atoms. The van der Waals surface area contributed by atoms with Crippen LogP contribution in [0, 0.1) is 0 Å². The lowest BCUT2D eigenvalue weighted by Gasteiger charge is -2.02. The SMILES string of the molecule is CCCCCC=CCNC(=O)OCC(N)=O. The first kappa shape index (κ1) is 14.5. The molecule has 5 heteroatoms. The van der Waals surface area contributed by atoms with Crippen molar-refractivity contribution in [3.63, 3.8) is 0 Å². The molecule has 2 amide bonds. The number of primary amides is 1. The van der Waals surface area contributed by atoms with Gasteiger partial charge in [0.15, 0.2) is 6.61 Å². The number of alkyl carbamates (subject to hydrolysis) is 1. The molecule has 0 aromatic heterocycles. The van der Waals surface area contributed by atoms with Crippen LogP contribution in [0.2, 0.25) is 0 Å². The number of nitrogens with one attached hydrogen (secondary N) is 1. The van der Waals surface area contributed by atoms with Crippen LogP contribution in [0.3, 0.4) is 0 Å². The fourth-order valence-corrected chi connectivity index (χ4v) is 1.04. The van der Waals surface area contributed by atoms with E-state index in [-0.39, 0.29) is 6.61 Å². The Labute approximate surface area is 96.0 Å². The van der Waals surface area contributed by atoms with E-state index in [9.17, 15) is 9.59 Å². The van der Waals surface area contributed by atoms with Crippen LogP contribution >= 0.6 is 0 Å². The van der Waals surface area contributed by atoms with Crippen molar-refractivity contribution < 1.29 is 14.3 Å². The van der Waals surface area contributed by atoms with Crippen LogP contribution in [0.5, 0.6) is 0 Å². The fourth-order valence-electron chi connectivity index (χ4n) is 1.04. The molecule has 0 bridgehead atoms. The van der Waals surface area contributed by atoms with Gasteiger partial charge in [-0.3, -0.25) is 4.79 Å². The predicted molar refractivity (Wildman–Crippen MR) is 61.8 cm³/mol. The lowest BCUT2D eigenvalue weighted by Crippen LogP contribution is -2.28. The molecule has 0 aliphatic heterocycles. The molecule has 0 heterocycles. The van der Waals surface area contributed by atoms with Crippen LogP contribution in [0.15, 0.2) is 12.2 Å². The van der Waals surface area contributed by atoms with E-state index in [4.69, 9.17) is 5.73 Å². The van der Waals surface area contributed by atoms with Gasteiger partial charge in [0.2, 0.25) is 0 Å². The molecule has 0 unspecified atom stereocenters. The minimum atomic E-state index is -0.662. The number of amides is 2. The highest BCUT2D eigenvalue weighted by Gasteiger charge is 2.01. The molecule has 0 saturated heterocycles. The third kappa shape index (κ3) is 10.6. The molecule has 0 aromatic carbocycles. The minimum absolute atomic E-state index is 0.383. The molecule has 0 aliphatic carbocycles. The lowest BCUT2D eigenvalue weighted by molar-refractivity contribution is -0.120. The second-order valence-corrected chi connectivity index (χ2v) is 3.39. The number of rotatable bonds is 8. The maximum absolute atomic E-state index is 10.9. The summed E-state index contributed by atoms with van der Waals surface area (Å²) in [7, 11) is 0. The van der Waals surface area contributed by atoms with Crippen molar-refractivity contribution in [2.24, 2.45) is 5.73 Å².